The minimum atomic E-state index is -0.342. The Morgan fingerprint density at radius 1 is 1.44 bits per heavy atom. The molecule has 0 radical (unpaired) electrons. The van der Waals surface area contributed by atoms with Gasteiger partial charge in [0.25, 0.3) is 0 Å². The van der Waals surface area contributed by atoms with E-state index in [9.17, 15) is 4.79 Å². The summed E-state index contributed by atoms with van der Waals surface area (Å²) in [5.74, 6) is 0.199. The highest BCUT2D eigenvalue weighted by Gasteiger charge is 2.17. The second-order valence-corrected chi connectivity index (χ2v) is 4.26. The lowest BCUT2D eigenvalue weighted by Gasteiger charge is -2.11. The van der Waals surface area contributed by atoms with Crippen molar-refractivity contribution < 1.29 is 19.0 Å². The fourth-order valence-corrected chi connectivity index (χ4v) is 2.05. The van der Waals surface area contributed by atoms with Gasteiger partial charge < -0.3 is 14.2 Å². The lowest BCUT2D eigenvalue weighted by molar-refractivity contribution is 0.0383. The van der Waals surface area contributed by atoms with Crippen molar-refractivity contribution in [2.24, 2.45) is 0 Å². The summed E-state index contributed by atoms with van der Waals surface area (Å²) in [5.41, 5.74) is 0.465. The molecular weight excluding hydrogens is 232 g/mol. The number of esters is 1. The Labute approximate surface area is 107 Å². The number of ether oxygens (including phenoxy) is 3. The van der Waals surface area contributed by atoms with Gasteiger partial charge >= 0.3 is 5.97 Å². The first-order chi connectivity index (χ1) is 8.81. The van der Waals surface area contributed by atoms with E-state index in [0.717, 1.165) is 25.9 Å². The van der Waals surface area contributed by atoms with Crippen molar-refractivity contribution in [3.05, 3.63) is 29.8 Å². The van der Waals surface area contributed by atoms with Gasteiger partial charge in [-0.15, -0.1) is 0 Å². The predicted octanol–water partition coefficient (Wildman–Crippen LogP) is 2.42. The zero-order valence-corrected chi connectivity index (χ0v) is 10.6. The van der Waals surface area contributed by atoms with E-state index >= 15 is 0 Å². The molecule has 1 aromatic carbocycles. The fraction of sp³-hybridized carbons (Fsp3) is 0.500. The molecule has 18 heavy (non-hydrogen) atoms. The van der Waals surface area contributed by atoms with E-state index in [2.05, 4.69) is 0 Å². The van der Waals surface area contributed by atoms with Crippen molar-refractivity contribution in [2.45, 2.75) is 25.4 Å². The number of carbonyl (C=O) groups is 1. The maximum Gasteiger partial charge on any atom is 0.341 e. The van der Waals surface area contributed by atoms with Crippen LogP contribution in [0.4, 0.5) is 0 Å². The molecule has 0 aromatic heterocycles. The molecule has 1 heterocycles. The number of methoxy groups -OCH3 is 1. The Balaban J connectivity index is 1.83. The first kappa shape index (κ1) is 12.9. The van der Waals surface area contributed by atoms with Crippen LogP contribution in [0, 0.1) is 0 Å². The molecule has 1 fully saturated rings. The second kappa shape index (κ2) is 6.40. The van der Waals surface area contributed by atoms with E-state index in [1.165, 1.54) is 0 Å². The summed E-state index contributed by atoms with van der Waals surface area (Å²) in [5, 5.41) is 0. The molecule has 98 valence electrons. The first-order valence-electron chi connectivity index (χ1n) is 6.23. The number of carbonyl (C=O) groups excluding carboxylic acids is 1. The van der Waals surface area contributed by atoms with E-state index in [1.807, 2.05) is 6.07 Å². The average molecular weight is 250 g/mol. The minimum Gasteiger partial charge on any atom is -0.496 e. The maximum absolute atomic E-state index is 11.9. The molecule has 1 aromatic rings. The SMILES string of the molecule is COc1ccccc1C(=O)OCC[C@@H]1CCCO1. The molecule has 4 nitrogen and oxygen atoms in total. The summed E-state index contributed by atoms with van der Waals surface area (Å²) in [7, 11) is 1.54. The van der Waals surface area contributed by atoms with Crippen molar-refractivity contribution in [1.29, 1.82) is 0 Å². The quantitative estimate of drug-likeness (QED) is 0.753. The van der Waals surface area contributed by atoms with Gasteiger partial charge in [-0.3, -0.25) is 0 Å². The van der Waals surface area contributed by atoms with Crippen LogP contribution in [-0.2, 0) is 9.47 Å². The van der Waals surface area contributed by atoms with E-state index in [1.54, 1.807) is 25.3 Å². The Morgan fingerprint density at radius 2 is 2.28 bits per heavy atom. The number of para-hydroxylation sites is 1. The summed E-state index contributed by atoms with van der Waals surface area (Å²) in [4.78, 5) is 11.9. The number of hydrogen-bond acceptors (Lipinski definition) is 4. The zero-order valence-electron chi connectivity index (χ0n) is 10.6. The van der Waals surface area contributed by atoms with Gasteiger partial charge in [0.2, 0.25) is 0 Å². The van der Waals surface area contributed by atoms with Crippen LogP contribution in [-0.4, -0.2) is 32.4 Å². The molecule has 1 saturated heterocycles. The molecule has 1 aliphatic rings. The third-order valence-corrected chi connectivity index (χ3v) is 3.02. The standard InChI is InChI=1S/C14H18O4/c1-16-13-7-3-2-6-12(13)14(15)18-10-8-11-5-4-9-17-11/h2-3,6-7,11H,4-5,8-10H2,1H3/t11-/m0/s1. The molecule has 0 aliphatic carbocycles. The molecule has 1 atom stereocenters. The number of hydrogen-bond donors (Lipinski definition) is 0. The molecule has 0 N–H and O–H groups in total. The summed E-state index contributed by atoms with van der Waals surface area (Å²) in [6, 6.07) is 7.06. The number of benzene rings is 1. The molecule has 2 rings (SSSR count). The third-order valence-electron chi connectivity index (χ3n) is 3.02. The molecule has 0 bridgehead atoms. The summed E-state index contributed by atoms with van der Waals surface area (Å²) in [6.45, 7) is 1.21. The molecule has 0 amide bonds. The van der Waals surface area contributed by atoms with Gasteiger partial charge in [-0.1, -0.05) is 12.1 Å². The third kappa shape index (κ3) is 3.23. The largest absolute Gasteiger partial charge is 0.496 e. The fourth-order valence-electron chi connectivity index (χ4n) is 2.05. The Kier molecular flexibility index (Phi) is 4.59. The van der Waals surface area contributed by atoms with Crippen LogP contribution in [0.15, 0.2) is 24.3 Å². The van der Waals surface area contributed by atoms with Crippen LogP contribution in [0.1, 0.15) is 29.6 Å². The van der Waals surface area contributed by atoms with Gasteiger partial charge in [0.1, 0.15) is 11.3 Å². The highest BCUT2D eigenvalue weighted by atomic mass is 16.5. The van der Waals surface area contributed by atoms with Crippen molar-refractivity contribution in [2.75, 3.05) is 20.3 Å². The normalized spacial score (nSPS) is 18.6. The van der Waals surface area contributed by atoms with Crippen LogP contribution < -0.4 is 4.74 Å². The predicted molar refractivity (Wildman–Crippen MR) is 66.9 cm³/mol. The van der Waals surface area contributed by atoms with E-state index in [0.29, 0.717) is 17.9 Å². The van der Waals surface area contributed by atoms with Crippen molar-refractivity contribution >= 4 is 5.97 Å². The molecule has 1 aliphatic heterocycles. The van der Waals surface area contributed by atoms with Crippen molar-refractivity contribution in [1.82, 2.24) is 0 Å². The smallest absolute Gasteiger partial charge is 0.341 e. The molecule has 0 unspecified atom stereocenters. The minimum absolute atomic E-state index is 0.246. The summed E-state index contributed by atoms with van der Waals surface area (Å²) in [6.07, 6.45) is 3.17. The van der Waals surface area contributed by atoms with Gasteiger partial charge in [0, 0.05) is 13.0 Å². The summed E-state index contributed by atoms with van der Waals surface area (Å²) >= 11 is 0. The maximum atomic E-state index is 11.9. The zero-order chi connectivity index (χ0) is 12.8. The van der Waals surface area contributed by atoms with Crippen molar-refractivity contribution in [3.8, 4) is 5.75 Å². The lowest BCUT2D eigenvalue weighted by atomic mass is 10.2. The van der Waals surface area contributed by atoms with Gasteiger partial charge in [0.15, 0.2) is 0 Å². The lowest BCUT2D eigenvalue weighted by Crippen LogP contribution is -2.13. The van der Waals surface area contributed by atoms with Crippen LogP contribution in [0.25, 0.3) is 0 Å². The van der Waals surface area contributed by atoms with Gasteiger partial charge in [-0.05, 0) is 25.0 Å². The van der Waals surface area contributed by atoms with E-state index < -0.39 is 0 Å². The van der Waals surface area contributed by atoms with Crippen LogP contribution in [0.5, 0.6) is 5.75 Å². The highest BCUT2D eigenvalue weighted by molar-refractivity contribution is 5.92. The van der Waals surface area contributed by atoms with Gasteiger partial charge in [-0.25, -0.2) is 4.79 Å². The summed E-state index contributed by atoms with van der Waals surface area (Å²) < 4.78 is 15.8. The second-order valence-electron chi connectivity index (χ2n) is 4.26. The Hall–Kier alpha value is -1.55. The van der Waals surface area contributed by atoms with Crippen LogP contribution >= 0.6 is 0 Å². The van der Waals surface area contributed by atoms with Crippen LogP contribution in [0.3, 0.4) is 0 Å². The Bertz CT molecular complexity index is 397. The van der Waals surface area contributed by atoms with E-state index in [4.69, 9.17) is 14.2 Å². The first-order valence-corrected chi connectivity index (χ1v) is 6.23. The highest BCUT2D eigenvalue weighted by Crippen LogP contribution is 2.19. The van der Waals surface area contributed by atoms with Gasteiger partial charge in [0.05, 0.1) is 19.8 Å². The van der Waals surface area contributed by atoms with Crippen molar-refractivity contribution in [3.63, 3.8) is 0 Å². The molecular formula is C14H18O4. The van der Waals surface area contributed by atoms with E-state index in [-0.39, 0.29) is 12.1 Å². The molecule has 4 heteroatoms. The van der Waals surface area contributed by atoms with Gasteiger partial charge in [-0.2, -0.15) is 0 Å². The Morgan fingerprint density at radius 3 is 3.00 bits per heavy atom. The monoisotopic (exact) mass is 250 g/mol. The average Bonchev–Trinajstić information content (AvgIpc) is 2.91. The molecule has 0 saturated carbocycles. The van der Waals surface area contributed by atoms with Crippen LogP contribution in [0.2, 0.25) is 0 Å². The molecule has 0 spiro atoms. The number of rotatable bonds is 5. The topological polar surface area (TPSA) is 44.8 Å².